The molecule has 1 unspecified atom stereocenters. The van der Waals surface area contributed by atoms with Crippen LogP contribution >= 0.6 is 0 Å². The fourth-order valence-corrected chi connectivity index (χ4v) is 3.14. The highest BCUT2D eigenvalue weighted by molar-refractivity contribution is 5.85. The number of pyridine rings is 1. The van der Waals surface area contributed by atoms with Gasteiger partial charge in [0.15, 0.2) is 0 Å². The van der Waals surface area contributed by atoms with Gasteiger partial charge in [-0.3, -0.25) is 4.98 Å². The van der Waals surface area contributed by atoms with Gasteiger partial charge in [-0.1, -0.05) is 54.6 Å². The molecule has 0 aliphatic rings. The van der Waals surface area contributed by atoms with Crippen LogP contribution in [0.5, 0.6) is 0 Å². The van der Waals surface area contributed by atoms with Crippen molar-refractivity contribution in [3.05, 3.63) is 84.6 Å². The fourth-order valence-electron chi connectivity index (χ4n) is 3.14. The van der Waals surface area contributed by atoms with Gasteiger partial charge in [-0.05, 0) is 61.3 Å². The zero-order valence-electron chi connectivity index (χ0n) is 15.9. The monoisotopic (exact) mass is 359 g/mol. The number of hydrogen-bond donors (Lipinski definition) is 0. The number of benzene rings is 2. The van der Waals surface area contributed by atoms with E-state index in [1.54, 1.807) is 6.92 Å². The molecule has 0 amide bonds. The molecule has 1 heterocycles. The summed E-state index contributed by atoms with van der Waals surface area (Å²) in [4.78, 5) is 4.63. The maximum atomic E-state index is 12.8. The number of fused-ring (bicyclic) bond motifs is 1. The van der Waals surface area contributed by atoms with Crippen molar-refractivity contribution in [2.45, 2.75) is 38.8 Å². The number of nitrogens with zero attached hydrogens (tertiary/aromatic N) is 1. The molecule has 0 spiro atoms. The molecular weight excluding hydrogens is 333 g/mol. The third kappa shape index (κ3) is 5.37. The minimum Gasteiger partial charge on any atom is -0.256 e. The standard InChI is InChI=1S/C25H26FN/c1-3-7-21-12-15-23-17-25(27-18-24(23)16-21)22-13-10-20(11-14-22)9-6-4-5-8-19(2)26/h3,6,9-19H,1,4-5,7-8H2,2H3/b9-6+. The summed E-state index contributed by atoms with van der Waals surface area (Å²) in [5.41, 5.74) is 4.49. The van der Waals surface area contributed by atoms with Crippen molar-refractivity contribution in [3.8, 4) is 11.3 Å². The van der Waals surface area contributed by atoms with E-state index in [1.165, 1.54) is 10.9 Å². The Bertz CT molecular complexity index is 923. The van der Waals surface area contributed by atoms with Crippen LogP contribution in [0.3, 0.4) is 0 Å². The number of rotatable bonds is 8. The van der Waals surface area contributed by atoms with E-state index in [-0.39, 0.29) is 0 Å². The Morgan fingerprint density at radius 1 is 1.07 bits per heavy atom. The maximum absolute atomic E-state index is 12.8. The Morgan fingerprint density at radius 2 is 1.89 bits per heavy atom. The second-order valence-electron chi connectivity index (χ2n) is 6.98. The first-order valence-electron chi connectivity index (χ1n) is 9.56. The summed E-state index contributed by atoms with van der Waals surface area (Å²) in [6.45, 7) is 5.41. The molecule has 0 fully saturated rings. The summed E-state index contributed by atoms with van der Waals surface area (Å²) in [5.74, 6) is 0. The topological polar surface area (TPSA) is 12.9 Å². The van der Waals surface area contributed by atoms with Gasteiger partial charge in [0.2, 0.25) is 0 Å². The first-order valence-corrected chi connectivity index (χ1v) is 9.56. The van der Waals surface area contributed by atoms with Crippen LogP contribution in [0.25, 0.3) is 28.1 Å². The molecule has 2 aromatic carbocycles. The van der Waals surface area contributed by atoms with E-state index in [0.29, 0.717) is 6.42 Å². The molecule has 0 radical (unpaired) electrons. The highest BCUT2D eigenvalue weighted by Gasteiger charge is 2.02. The van der Waals surface area contributed by atoms with Crippen LogP contribution in [-0.2, 0) is 6.42 Å². The molecule has 1 atom stereocenters. The lowest BCUT2D eigenvalue weighted by Crippen LogP contribution is -1.90. The van der Waals surface area contributed by atoms with E-state index >= 15 is 0 Å². The smallest absolute Gasteiger partial charge is 0.0973 e. The average Bonchev–Trinajstić information content (AvgIpc) is 2.68. The van der Waals surface area contributed by atoms with Crippen molar-refractivity contribution in [3.63, 3.8) is 0 Å². The SMILES string of the molecule is C=CCc1ccc2cc(-c3ccc(/C=C/CCCC(C)F)cc3)ncc2c1. The Hall–Kier alpha value is -2.74. The minimum atomic E-state index is -0.708. The largest absolute Gasteiger partial charge is 0.256 e. The number of allylic oxidation sites excluding steroid dienone is 2. The van der Waals surface area contributed by atoms with Gasteiger partial charge < -0.3 is 0 Å². The molecule has 27 heavy (non-hydrogen) atoms. The molecule has 2 heteroatoms. The number of hydrogen-bond acceptors (Lipinski definition) is 1. The maximum Gasteiger partial charge on any atom is 0.0973 e. The first kappa shape index (κ1) is 19.0. The molecule has 0 saturated heterocycles. The summed E-state index contributed by atoms with van der Waals surface area (Å²) in [6.07, 6.45) is 10.7. The Balaban J connectivity index is 1.70. The molecule has 0 saturated carbocycles. The van der Waals surface area contributed by atoms with Crippen LogP contribution < -0.4 is 0 Å². The molecule has 0 bridgehead atoms. The van der Waals surface area contributed by atoms with Crippen molar-refractivity contribution in [2.75, 3.05) is 0 Å². The average molecular weight is 359 g/mol. The molecule has 3 rings (SSSR count). The van der Waals surface area contributed by atoms with E-state index in [4.69, 9.17) is 0 Å². The lowest BCUT2D eigenvalue weighted by atomic mass is 10.0. The van der Waals surface area contributed by atoms with Gasteiger partial charge in [0.1, 0.15) is 0 Å². The molecular formula is C25H26FN. The molecule has 0 aliphatic heterocycles. The first-order chi connectivity index (χ1) is 13.2. The molecule has 1 nitrogen and oxygen atoms in total. The van der Waals surface area contributed by atoms with Crippen LogP contribution in [0.2, 0.25) is 0 Å². The third-order valence-electron chi connectivity index (χ3n) is 4.66. The Labute approximate surface area is 161 Å². The van der Waals surface area contributed by atoms with Crippen LogP contribution in [0.4, 0.5) is 4.39 Å². The van der Waals surface area contributed by atoms with E-state index < -0.39 is 6.17 Å². The van der Waals surface area contributed by atoms with Crippen LogP contribution in [-0.4, -0.2) is 11.2 Å². The van der Waals surface area contributed by atoms with Crippen molar-refractivity contribution in [1.29, 1.82) is 0 Å². The summed E-state index contributed by atoms with van der Waals surface area (Å²) in [5, 5.41) is 2.35. The Morgan fingerprint density at radius 3 is 2.63 bits per heavy atom. The lowest BCUT2D eigenvalue weighted by molar-refractivity contribution is 0.335. The van der Waals surface area contributed by atoms with E-state index in [2.05, 4.69) is 72.2 Å². The van der Waals surface area contributed by atoms with Gasteiger partial charge in [0.05, 0.1) is 11.9 Å². The second-order valence-corrected chi connectivity index (χ2v) is 6.98. The van der Waals surface area contributed by atoms with Gasteiger partial charge in [-0.25, -0.2) is 4.39 Å². The molecule has 138 valence electrons. The van der Waals surface area contributed by atoms with Crippen molar-refractivity contribution in [1.82, 2.24) is 4.98 Å². The third-order valence-corrected chi connectivity index (χ3v) is 4.66. The lowest BCUT2D eigenvalue weighted by Gasteiger charge is -2.05. The van der Waals surface area contributed by atoms with Gasteiger partial charge >= 0.3 is 0 Å². The quantitative estimate of drug-likeness (QED) is 0.307. The van der Waals surface area contributed by atoms with Crippen LogP contribution in [0.1, 0.15) is 37.3 Å². The molecule has 0 N–H and O–H groups in total. The summed E-state index contributed by atoms with van der Waals surface area (Å²) >= 11 is 0. The zero-order chi connectivity index (χ0) is 19.1. The van der Waals surface area contributed by atoms with Crippen molar-refractivity contribution >= 4 is 16.8 Å². The van der Waals surface area contributed by atoms with E-state index in [1.807, 2.05) is 12.3 Å². The van der Waals surface area contributed by atoms with Gasteiger partial charge in [-0.15, -0.1) is 6.58 Å². The highest BCUT2D eigenvalue weighted by atomic mass is 19.1. The van der Waals surface area contributed by atoms with E-state index in [0.717, 1.165) is 41.5 Å². The Kier molecular flexibility index (Phi) is 6.54. The normalized spacial score (nSPS) is 12.5. The predicted molar refractivity (Wildman–Crippen MR) is 115 cm³/mol. The van der Waals surface area contributed by atoms with Crippen molar-refractivity contribution in [2.24, 2.45) is 0 Å². The van der Waals surface area contributed by atoms with Gasteiger partial charge in [0, 0.05) is 17.1 Å². The fraction of sp³-hybridized carbons (Fsp3) is 0.240. The number of unbranched alkanes of at least 4 members (excludes halogenated alkanes) is 1. The van der Waals surface area contributed by atoms with Crippen LogP contribution in [0.15, 0.2) is 73.5 Å². The van der Waals surface area contributed by atoms with Gasteiger partial charge in [0.25, 0.3) is 0 Å². The van der Waals surface area contributed by atoms with Crippen LogP contribution in [0, 0.1) is 0 Å². The molecule has 3 aromatic rings. The molecule has 0 aliphatic carbocycles. The second kappa shape index (κ2) is 9.27. The summed E-state index contributed by atoms with van der Waals surface area (Å²) in [6, 6.07) is 17.0. The number of aromatic nitrogens is 1. The van der Waals surface area contributed by atoms with E-state index in [9.17, 15) is 4.39 Å². The summed E-state index contributed by atoms with van der Waals surface area (Å²) in [7, 11) is 0. The van der Waals surface area contributed by atoms with Crippen molar-refractivity contribution < 1.29 is 4.39 Å². The molecule has 1 aromatic heterocycles. The predicted octanol–water partition coefficient (Wildman–Crippen LogP) is 7.17. The number of alkyl halides is 1. The zero-order valence-corrected chi connectivity index (χ0v) is 15.9. The minimum absolute atomic E-state index is 0.631. The van der Waals surface area contributed by atoms with Gasteiger partial charge in [-0.2, -0.15) is 0 Å². The summed E-state index contributed by atoms with van der Waals surface area (Å²) < 4.78 is 12.8. The highest BCUT2D eigenvalue weighted by Crippen LogP contribution is 2.24. The number of halogens is 1.